The second kappa shape index (κ2) is 6.12. The van der Waals surface area contributed by atoms with Crippen LogP contribution >= 0.6 is 11.8 Å². The number of aromatic nitrogens is 2. The molecule has 0 radical (unpaired) electrons. The molecule has 1 heterocycles. The Morgan fingerprint density at radius 2 is 2.33 bits per heavy atom. The van der Waals surface area contributed by atoms with Gasteiger partial charge in [0.2, 0.25) is 0 Å². The Bertz CT molecular complexity index is 184. The predicted molar refractivity (Wildman–Crippen MR) is 53.5 cm³/mol. The fourth-order valence-electron chi connectivity index (χ4n) is 1.03. The molecule has 0 saturated heterocycles. The van der Waals surface area contributed by atoms with E-state index in [2.05, 4.69) is 16.9 Å². The molecule has 0 unspecified atom stereocenters. The molecule has 0 fully saturated rings. The zero-order valence-electron chi connectivity index (χ0n) is 7.55. The molecule has 0 aliphatic carbocycles. The summed E-state index contributed by atoms with van der Waals surface area (Å²) in [7, 11) is 0. The molecule has 0 saturated carbocycles. The normalized spacial score (nSPS) is 10.4. The molecule has 1 rings (SSSR count). The number of imidazole rings is 1. The molecular weight excluding hydrogens is 168 g/mol. The van der Waals surface area contributed by atoms with Gasteiger partial charge in [0.05, 0.1) is 0 Å². The van der Waals surface area contributed by atoms with Crippen molar-refractivity contribution >= 4 is 11.8 Å². The highest BCUT2D eigenvalue weighted by molar-refractivity contribution is 7.99. The summed E-state index contributed by atoms with van der Waals surface area (Å²) in [5.41, 5.74) is 0. The molecule has 3 heteroatoms. The zero-order chi connectivity index (χ0) is 8.65. The standard InChI is InChI=1S/C9H16N2S/c1-2-3-4-5-8-12-9-10-6-7-11-9/h6-7H,2-5,8H2,1H3,(H,10,11). The maximum atomic E-state index is 4.14. The highest BCUT2D eigenvalue weighted by Crippen LogP contribution is 2.14. The molecule has 1 aromatic rings. The van der Waals surface area contributed by atoms with Crippen molar-refractivity contribution in [1.29, 1.82) is 0 Å². The summed E-state index contributed by atoms with van der Waals surface area (Å²) in [5.74, 6) is 1.19. The molecule has 1 aromatic heterocycles. The maximum Gasteiger partial charge on any atom is 0.165 e. The number of unbranched alkanes of at least 4 members (excludes halogenated alkanes) is 3. The third-order valence-electron chi connectivity index (χ3n) is 1.71. The topological polar surface area (TPSA) is 28.7 Å². The molecule has 0 aromatic carbocycles. The first-order chi connectivity index (χ1) is 5.93. The largest absolute Gasteiger partial charge is 0.340 e. The summed E-state index contributed by atoms with van der Waals surface area (Å²) in [6.45, 7) is 2.24. The van der Waals surface area contributed by atoms with Crippen molar-refractivity contribution in [2.75, 3.05) is 5.75 Å². The van der Waals surface area contributed by atoms with Gasteiger partial charge in [0, 0.05) is 18.1 Å². The molecule has 12 heavy (non-hydrogen) atoms. The minimum absolute atomic E-state index is 1.05. The lowest BCUT2D eigenvalue weighted by atomic mass is 10.2. The van der Waals surface area contributed by atoms with Gasteiger partial charge in [-0.2, -0.15) is 0 Å². The number of nitrogens with zero attached hydrogens (tertiary/aromatic N) is 1. The first-order valence-corrected chi connectivity index (χ1v) is 5.54. The number of thioether (sulfide) groups is 1. The maximum absolute atomic E-state index is 4.14. The molecule has 0 aliphatic heterocycles. The minimum atomic E-state index is 1.05. The van der Waals surface area contributed by atoms with Crippen LogP contribution in [-0.4, -0.2) is 15.7 Å². The molecular formula is C9H16N2S. The first-order valence-electron chi connectivity index (χ1n) is 4.55. The van der Waals surface area contributed by atoms with Crippen LogP contribution in [0.1, 0.15) is 32.6 Å². The smallest absolute Gasteiger partial charge is 0.165 e. The van der Waals surface area contributed by atoms with Gasteiger partial charge in [-0.25, -0.2) is 4.98 Å². The van der Waals surface area contributed by atoms with Crippen LogP contribution in [-0.2, 0) is 0 Å². The SMILES string of the molecule is CCCCCCSc1ncc[nH]1. The lowest BCUT2D eigenvalue weighted by Crippen LogP contribution is -1.82. The third-order valence-corrected chi connectivity index (χ3v) is 2.70. The fourth-order valence-corrected chi connectivity index (χ4v) is 1.86. The van der Waals surface area contributed by atoms with E-state index >= 15 is 0 Å². The molecule has 2 nitrogen and oxygen atoms in total. The summed E-state index contributed by atoms with van der Waals surface area (Å²) in [5, 5.41) is 1.05. The van der Waals surface area contributed by atoms with Crippen LogP contribution < -0.4 is 0 Å². The number of H-pyrrole nitrogens is 1. The zero-order valence-corrected chi connectivity index (χ0v) is 8.36. The summed E-state index contributed by atoms with van der Waals surface area (Å²) in [6, 6.07) is 0. The number of aromatic amines is 1. The fraction of sp³-hybridized carbons (Fsp3) is 0.667. The van der Waals surface area contributed by atoms with Crippen molar-refractivity contribution in [2.45, 2.75) is 37.8 Å². The van der Waals surface area contributed by atoms with Gasteiger partial charge < -0.3 is 4.98 Å². The van der Waals surface area contributed by atoms with Gasteiger partial charge in [0.1, 0.15) is 0 Å². The van der Waals surface area contributed by atoms with E-state index in [1.165, 1.54) is 31.4 Å². The first kappa shape index (κ1) is 9.65. The van der Waals surface area contributed by atoms with E-state index in [1.54, 1.807) is 6.20 Å². The molecule has 1 N–H and O–H groups in total. The average molecular weight is 184 g/mol. The van der Waals surface area contributed by atoms with Crippen LogP contribution in [0.25, 0.3) is 0 Å². The molecule has 0 aliphatic rings. The van der Waals surface area contributed by atoms with Crippen LogP contribution in [0.15, 0.2) is 17.6 Å². The summed E-state index contributed by atoms with van der Waals surface area (Å²) >= 11 is 1.81. The number of hydrogen-bond donors (Lipinski definition) is 1. The number of rotatable bonds is 6. The van der Waals surface area contributed by atoms with Gasteiger partial charge in [0.25, 0.3) is 0 Å². The Morgan fingerprint density at radius 1 is 1.42 bits per heavy atom. The monoisotopic (exact) mass is 184 g/mol. The lowest BCUT2D eigenvalue weighted by molar-refractivity contribution is 0.706. The minimum Gasteiger partial charge on any atom is -0.340 e. The van der Waals surface area contributed by atoms with E-state index in [4.69, 9.17) is 0 Å². The van der Waals surface area contributed by atoms with Crippen LogP contribution in [0.5, 0.6) is 0 Å². The molecule has 68 valence electrons. The predicted octanol–water partition coefficient (Wildman–Crippen LogP) is 3.08. The van der Waals surface area contributed by atoms with E-state index in [-0.39, 0.29) is 0 Å². The van der Waals surface area contributed by atoms with Crippen molar-refractivity contribution < 1.29 is 0 Å². The Kier molecular flexibility index (Phi) is 4.92. The number of nitrogens with one attached hydrogen (secondary N) is 1. The third kappa shape index (κ3) is 3.81. The van der Waals surface area contributed by atoms with Crippen LogP contribution in [0.3, 0.4) is 0 Å². The highest BCUT2D eigenvalue weighted by atomic mass is 32.2. The lowest BCUT2D eigenvalue weighted by Gasteiger charge is -1.96. The van der Waals surface area contributed by atoms with Crippen molar-refractivity contribution in [3.05, 3.63) is 12.4 Å². The second-order valence-electron chi connectivity index (χ2n) is 2.80. The van der Waals surface area contributed by atoms with Gasteiger partial charge in [-0.1, -0.05) is 37.9 Å². The van der Waals surface area contributed by atoms with Gasteiger partial charge >= 0.3 is 0 Å². The summed E-state index contributed by atoms with van der Waals surface area (Å²) in [6.07, 6.45) is 9.00. The van der Waals surface area contributed by atoms with E-state index < -0.39 is 0 Å². The van der Waals surface area contributed by atoms with Crippen LogP contribution in [0.2, 0.25) is 0 Å². The Balaban J connectivity index is 1.96. The van der Waals surface area contributed by atoms with E-state index in [1.807, 2.05) is 18.0 Å². The number of hydrogen-bond acceptors (Lipinski definition) is 2. The van der Waals surface area contributed by atoms with Crippen molar-refractivity contribution in [3.8, 4) is 0 Å². The van der Waals surface area contributed by atoms with Gasteiger partial charge in [-0.15, -0.1) is 0 Å². The van der Waals surface area contributed by atoms with Crippen molar-refractivity contribution in [1.82, 2.24) is 9.97 Å². The Morgan fingerprint density at radius 3 is 3.00 bits per heavy atom. The highest BCUT2D eigenvalue weighted by Gasteiger charge is 1.94. The molecule has 0 bridgehead atoms. The van der Waals surface area contributed by atoms with E-state index in [0.29, 0.717) is 0 Å². The van der Waals surface area contributed by atoms with E-state index in [0.717, 1.165) is 5.16 Å². The summed E-state index contributed by atoms with van der Waals surface area (Å²) < 4.78 is 0. The van der Waals surface area contributed by atoms with E-state index in [9.17, 15) is 0 Å². The van der Waals surface area contributed by atoms with Gasteiger partial charge in [-0.05, 0) is 6.42 Å². The van der Waals surface area contributed by atoms with Crippen LogP contribution in [0, 0.1) is 0 Å². The molecule has 0 spiro atoms. The Hall–Kier alpha value is -0.440. The van der Waals surface area contributed by atoms with Crippen molar-refractivity contribution in [3.63, 3.8) is 0 Å². The average Bonchev–Trinajstić information content (AvgIpc) is 2.57. The van der Waals surface area contributed by atoms with Gasteiger partial charge in [0.15, 0.2) is 5.16 Å². The van der Waals surface area contributed by atoms with Gasteiger partial charge in [-0.3, -0.25) is 0 Å². The Labute approximate surface area is 78.2 Å². The quantitative estimate of drug-likeness (QED) is 0.543. The van der Waals surface area contributed by atoms with Crippen LogP contribution in [0.4, 0.5) is 0 Å². The second-order valence-corrected chi connectivity index (χ2v) is 3.89. The molecule has 0 atom stereocenters. The summed E-state index contributed by atoms with van der Waals surface area (Å²) in [4.78, 5) is 7.22. The van der Waals surface area contributed by atoms with Crippen molar-refractivity contribution in [2.24, 2.45) is 0 Å². The molecule has 0 amide bonds.